The van der Waals surface area contributed by atoms with Crippen molar-refractivity contribution >= 4 is 38.7 Å². The Kier molecular flexibility index (Phi) is 3.79. The van der Waals surface area contributed by atoms with Crippen molar-refractivity contribution in [3.05, 3.63) is 66.7 Å². The van der Waals surface area contributed by atoms with Gasteiger partial charge < -0.3 is 5.73 Å². The van der Waals surface area contributed by atoms with Crippen LogP contribution in [0.4, 0.5) is 17.1 Å². The zero-order chi connectivity index (χ0) is 20.3. The molecule has 3 N–H and O–H groups in total. The van der Waals surface area contributed by atoms with Crippen molar-refractivity contribution in [2.45, 2.75) is 4.90 Å². The molecule has 1 aliphatic carbocycles. The van der Waals surface area contributed by atoms with E-state index >= 15 is 0 Å². The second kappa shape index (κ2) is 5.65. The molecule has 0 spiro atoms. The summed E-state index contributed by atoms with van der Waals surface area (Å²) < 4.78 is 32.1. The van der Waals surface area contributed by atoms with Crippen LogP contribution in [-0.4, -0.2) is 34.4 Å². The monoisotopic (exact) mass is 393 g/mol. The van der Waals surface area contributed by atoms with Crippen molar-refractivity contribution in [2.24, 2.45) is 0 Å². The van der Waals surface area contributed by atoms with Gasteiger partial charge in [-0.15, -0.1) is 0 Å². The Morgan fingerprint density at radius 2 is 1.52 bits per heavy atom. The van der Waals surface area contributed by atoms with Crippen molar-refractivity contribution in [1.29, 1.82) is 0 Å². The first-order chi connectivity index (χ1) is 12.4. The van der Waals surface area contributed by atoms with Crippen LogP contribution in [-0.2, 0) is 10.1 Å². The second-order valence-corrected chi connectivity index (χ2v) is 6.82. The first-order valence-electron chi connectivity index (χ1n) is 6.91. The second-order valence-electron chi connectivity index (χ2n) is 5.43. The van der Waals surface area contributed by atoms with Crippen LogP contribution in [0.5, 0.6) is 0 Å². The van der Waals surface area contributed by atoms with Crippen molar-refractivity contribution in [1.82, 2.24) is 0 Å². The van der Waals surface area contributed by atoms with E-state index in [1.165, 1.54) is 0 Å². The number of nitrogens with zero attached hydrogens (tertiary/aromatic N) is 2. The van der Waals surface area contributed by atoms with E-state index in [9.17, 15) is 42.8 Å². The van der Waals surface area contributed by atoms with Gasteiger partial charge in [-0.2, -0.15) is 8.42 Å². The molecule has 0 atom stereocenters. The van der Waals surface area contributed by atoms with Crippen LogP contribution in [0.25, 0.3) is 0 Å². The van der Waals surface area contributed by atoms with Gasteiger partial charge in [0.1, 0.15) is 10.5 Å². The quantitative estimate of drug-likeness (QED) is 0.281. The summed E-state index contributed by atoms with van der Waals surface area (Å²) in [5.74, 6) is -2.15. The molecule has 0 radical (unpaired) electrons. The summed E-state index contributed by atoms with van der Waals surface area (Å²) in [5, 5.41) is 22.2. The number of non-ortho nitro benzene ring substituents is 1. The number of nitro groups is 2. The third kappa shape index (κ3) is 2.61. The number of benzene rings is 2. The van der Waals surface area contributed by atoms with E-state index in [1.807, 2.05) is 0 Å². The molecule has 1 aliphatic rings. The average molecular weight is 393 g/mol. The molecule has 12 nitrogen and oxygen atoms in total. The Labute approximate surface area is 149 Å². The molecule has 138 valence electrons. The molecule has 0 amide bonds. The number of carbonyl (C=O) groups excluding carboxylic acids is 2. The standard InChI is InChI=1S/C14H7N3O9S/c15-12-9(27(24,25)26)4-8(17(22)23)10-11(12)13(18)6-2-1-5(16(20)21)3-7(6)14(10)19/h1-4H,15H2,(H,24,25,26). The van der Waals surface area contributed by atoms with Crippen LogP contribution in [0.15, 0.2) is 29.2 Å². The van der Waals surface area contributed by atoms with Gasteiger partial charge in [0, 0.05) is 29.3 Å². The molecule has 0 heterocycles. The molecule has 0 bridgehead atoms. The maximum atomic E-state index is 12.7. The van der Waals surface area contributed by atoms with Gasteiger partial charge in [-0.05, 0) is 6.07 Å². The predicted molar refractivity (Wildman–Crippen MR) is 87.3 cm³/mol. The Morgan fingerprint density at radius 3 is 2.04 bits per heavy atom. The number of anilines is 1. The summed E-state index contributed by atoms with van der Waals surface area (Å²) in [7, 11) is -5.04. The van der Waals surface area contributed by atoms with Crippen molar-refractivity contribution in [3.8, 4) is 0 Å². The first-order valence-corrected chi connectivity index (χ1v) is 8.35. The number of hydrogen-bond acceptors (Lipinski definition) is 9. The van der Waals surface area contributed by atoms with Gasteiger partial charge in [0.2, 0.25) is 5.78 Å². The van der Waals surface area contributed by atoms with E-state index in [4.69, 9.17) is 5.73 Å². The number of hydrogen-bond donors (Lipinski definition) is 2. The molecule has 0 aliphatic heterocycles. The Hall–Kier alpha value is -3.71. The molecule has 2 aromatic rings. The smallest absolute Gasteiger partial charge is 0.296 e. The highest BCUT2D eigenvalue weighted by molar-refractivity contribution is 7.86. The fraction of sp³-hybridized carbons (Fsp3) is 0. The van der Waals surface area contributed by atoms with E-state index in [1.54, 1.807) is 0 Å². The van der Waals surface area contributed by atoms with Crippen molar-refractivity contribution in [2.75, 3.05) is 5.73 Å². The highest BCUT2D eigenvalue weighted by Gasteiger charge is 2.40. The summed E-state index contributed by atoms with van der Waals surface area (Å²) in [6.45, 7) is 0. The minimum Gasteiger partial charge on any atom is -0.397 e. The Balaban J connectivity index is 2.45. The zero-order valence-corrected chi connectivity index (χ0v) is 13.7. The summed E-state index contributed by atoms with van der Waals surface area (Å²) >= 11 is 0. The normalized spacial score (nSPS) is 13.1. The number of nitrogen functional groups attached to an aromatic ring is 1. The molecule has 3 rings (SSSR count). The molecule has 0 fully saturated rings. The number of nitrogens with two attached hydrogens (primary N) is 1. The molecule has 0 aromatic heterocycles. The molecule has 2 aromatic carbocycles. The number of carbonyl (C=O) groups is 2. The largest absolute Gasteiger partial charge is 0.397 e. The molecular formula is C14H7N3O9S. The maximum Gasteiger partial charge on any atom is 0.296 e. The Bertz CT molecular complexity index is 1200. The summed E-state index contributed by atoms with van der Waals surface area (Å²) in [6.07, 6.45) is 0. The molecular weight excluding hydrogens is 386 g/mol. The fourth-order valence-corrected chi connectivity index (χ4v) is 3.42. The average Bonchev–Trinajstić information content (AvgIpc) is 2.57. The number of ketones is 2. The van der Waals surface area contributed by atoms with Crippen LogP contribution in [0.3, 0.4) is 0 Å². The van der Waals surface area contributed by atoms with Gasteiger partial charge in [0.05, 0.1) is 21.1 Å². The summed E-state index contributed by atoms with van der Waals surface area (Å²) in [4.78, 5) is 44.6. The molecule has 13 heteroatoms. The Morgan fingerprint density at radius 1 is 0.926 bits per heavy atom. The van der Waals surface area contributed by atoms with E-state index < -0.39 is 70.2 Å². The highest BCUT2D eigenvalue weighted by atomic mass is 32.2. The van der Waals surface area contributed by atoms with Gasteiger partial charge in [0.15, 0.2) is 5.78 Å². The summed E-state index contributed by atoms with van der Waals surface area (Å²) in [6, 6.07) is 3.04. The van der Waals surface area contributed by atoms with E-state index in [-0.39, 0.29) is 5.56 Å². The maximum absolute atomic E-state index is 12.7. The number of nitro benzene ring substituents is 2. The highest BCUT2D eigenvalue weighted by Crippen LogP contribution is 2.40. The fourth-order valence-electron chi connectivity index (χ4n) is 2.78. The predicted octanol–water partition coefficient (Wildman–Crippen LogP) is 1.11. The van der Waals surface area contributed by atoms with E-state index in [0.29, 0.717) is 6.07 Å². The van der Waals surface area contributed by atoms with Crippen molar-refractivity contribution in [3.63, 3.8) is 0 Å². The first kappa shape index (κ1) is 18.1. The number of fused-ring (bicyclic) bond motifs is 2. The van der Waals surface area contributed by atoms with Crippen LogP contribution in [0, 0.1) is 20.2 Å². The lowest BCUT2D eigenvalue weighted by Gasteiger charge is -2.19. The molecule has 0 saturated heterocycles. The van der Waals surface area contributed by atoms with Crippen molar-refractivity contribution < 1.29 is 32.4 Å². The van der Waals surface area contributed by atoms with Gasteiger partial charge in [-0.1, -0.05) is 0 Å². The van der Waals surface area contributed by atoms with Gasteiger partial charge in [0.25, 0.3) is 21.5 Å². The molecule has 0 unspecified atom stereocenters. The van der Waals surface area contributed by atoms with Gasteiger partial charge in [-0.25, -0.2) is 0 Å². The van der Waals surface area contributed by atoms with Gasteiger partial charge >= 0.3 is 0 Å². The summed E-state index contributed by atoms with van der Waals surface area (Å²) in [5.41, 5.74) is 0.806. The zero-order valence-electron chi connectivity index (χ0n) is 12.9. The molecule has 27 heavy (non-hydrogen) atoms. The lowest BCUT2D eigenvalue weighted by Crippen LogP contribution is -2.25. The van der Waals surface area contributed by atoms with Gasteiger partial charge in [-0.3, -0.25) is 34.4 Å². The molecule has 0 saturated carbocycles. The van der Waals surface area contributed by atoms with Crippen LogP contribution in [0.1, 0.15) is 31.8 Å². The lowest BCUT2D eigenvalue weighted by atomic mass is 9.82. The van der Waals surface area contributed by atoms with Crippen LogP contribution in [0.2, 0.25) is 0 Å². The van der Waals surface area contributed by atoms with Crippen LogP contribution >= 0.6 is 0 Å². The SMILES string of the molecule is Nc1c(S(=O)(=O)O)cc([N+](=O)[O-])c2c1C(=O)c1ccc([N+](=O)[O-])cc1C2=O. The minimum absolute atomic E-state index is 0.341. The third-order valence-corrected chi connectivity index (χ3v) is 4.83. The topological polar surface area (TPSA) is 201 Å². The minimum atomic E-state index is -5.04. The van der Waals surface area contributed by atoms with E-state index in [0.717, 1.165) is 18.2 Å². The third-order valence-electron chi connectivity index (χ3n) is 3.94. The number of rotatable bonds is 3. The van der Waals surface area contributed by atoms with E-state index in [2.05, 4.69) is 0 Å². The lowest BCUT2D eigenvalue weighted by molar-refractivity contribution is -0.385. The van der Waals surface area contributed by atoms with Crippen LogP contribution < -0.4 is 5.73 Å².